The van der Waals surface area contributed by atoms with Crippen LogP contribution in [-0.4, -0.2) is 48.3 Å². The Hall–Kier alpha value is -0.830. The minimum absolute atomic E-state index is 0.00964. The molecule has 8 heteroatoms. The van der Waals surface area contributed by atoms with Gasteiger partial charge in [-0.2, -0.15) is 0 Å². The van der Waals surface area contributed by atoms with Crippen LogP contribution in [0, 0.1) is 0 Å². The van der Waals surface area contributed by atoms with Crippen LogP contribution < -0.4 is 0 Å². The van der Waals surface area contributed by atoms with Crippen LogP contribution >= 0.6 is 34.4 Å². The summed E-state index contributed by atoms with van der Waals surface area (Å²) in [7, 11) is -2.89. The molecule has 0 spiro atoms. The van der Waals surface area contributed by atoms with Gasteiger partial charge in [0.15, 0.2) is 9.84 Å². The van der Waals surface area contributed by atoms with Gasteiger partial charge in [0.2, 0.25) is 5.91 Å². The van der Waals surface area contributed by atoms with E-state index < -0.39 is 9.84 Å². The van der Waals surface area contributed by atoms with Crippen LogP contribution in [0.15, 0.2) is 29.0 Å². The molecule has 0 aliphatic carbocycles. The molecular formula is C17H19NO3S4. The number of nitrogens with zero attached hydrogens (tertiary/aromatic N) is 1. The summed E-state index contributed by atoms with van der Waals surface area (Å²) >= 11 is 4.96. The molecule has 2 atom stereocenters. The van der Waals surface area contributed by atoms with Crippen LogP contribution in [-0.2, 0) is 21.1 Å². The maximum absolute atomic E-state index is 12.9. The van der Waals surface area contributed by atoms with Gasteiger partial charge in [0, 0.05) is 21.5 Å². The second-order valence-electron chi connectivity index (χ2n) is 6.39. The van der Waals surface area contributed by atoms with E-state index in [1.165, 1.54) is 27.1 Å². The summed E-state index contributed by atoms with van der Waals surface area (Å²) in [6, 6.07) is 6.27. The lowest BCUT2D eigenvalue weighted by Gasteiger charge is -2.35. The van der Waals surface area contributed by atoms with Crippen LogP contribution in [0.5, 0.6) is 0 Å². The van der Waals surface area contributed by atoms with E-state index in [-0.39, 0.29) is 28.7 Å². The summed E-state index contributed by atoms with van der Waals surface area (Å²) in [4.78, 5) is 17.5. The number of rotatable bonds is 4. The van der Waals surface area contributed by atoms with E-state index in [0.717, 1.165) is 13.0 Å². The van der Waals surface area contributed by atoms with Crippen LogP contribution in [0.4, 0.5) is 0 Å². The molecular weight excluding hydrogens is 394 g/mol. The van der Waals surface area contributed by atoms with Crippen LogP contribution in [0.1, 0.15) is 27.8 Å². The van der Waals surface area contributed by atoms with Crippen molar-refractivity contribution in [1.29, 1.82) is 0 Å². The van der Waals surface area contributed by atoms with Crippen molar-refractivity contribution in [3.05, 3.63) is 44.3 Å². The number of carbonyl (C=O) groups is 1. The van der Waals surface area contributed by atoms with Gasteiger partial charge >= 0.3 is 0 Å². The Bertz CT molecular complexity index is 856. The molecule has 4 rings (SSSR count). The van der Waals surface area contributed by atoms with Crippen molar-refractivity contribution in [3.63, 3.8) is 0 Å². The molecule has 2 aromatic heterocycles. The molecule has 1 saturated heterocycles. The van der Waals surface area contributed by atoms with Crippen molar-refractivity contribution in [1.82, 2.24) is 4.90 Å². The first-order chi connectivity index (χ1) is 12.0. The normalized spacial score (nSPS) is 25.0. The highest BCUT2D eigenvalue weighted by molar-refractivity contribution is 8.02. The summed E-state index contributed by atoms with van der Waals surface area (Å²) in [5.41, 5.74) is 1.25. The standard InChI is InChI=1S/C17H19NO3S4/c19-16(10-24-12-5-9-25(20,21)11-12)18-6-3-14-13(4-8-23-14)17(18)15-2-1-7-22-15/h1-2,4,7-8,12,17H,3,5-6,9-11H2/t12-,17+/m0/s1. The Kier molecular flexibility index (Phi) is 4.96. The third-order valence-corrected chi connectivity index (χ3v) is 9.92. The van der Waals surface area contributed by atoms with Crippen molar-refractivity contribution in [2.24, 2.45) is 0 Å². The summed E-state index contributed by atoms with van der Waals surface area (Å²) in [5, 5.41) is 4.23. The number of fused-ring (bicyclic) bond motifs is 1. The first kappa shape index (κ1) is 17.6. The average Bonchev–Trinajstić information content (AvgIpc) is 3.32. The van der Waals surface area contributed by atoms with Crippen LogP contribution in [0.2, 0.25) is 0 Å². The summed E-state index contributed by atoms with van der Waals surface area (Å²) in [5.74, 6) is 0.957. The van der Waals surface area contributed by atoms with Crippen molar-refractivity contribution in [2.45, 2.75) is 24.1 Å². The molecule has 0 bridgehead atoms. The fourth-order valence-corrected chi connectivity index (χ4v) is 8.79. The smallest absolute Gasteiger partial charge is 0.233 e. The van der Waals surface area contributed by atoms with E-state index in [1.807, 2.05) is 11.0 Å². The second-order valence-corrected chi connectivity index (χ2v) is 11.9. The van der Waals surface area contributed by atoms with Crippen molar-refractivity contribution in [2.75, 3.05) is 23.8 Å². The van der Waals surface area contributed by atoms with Gasteiger partial charge < -0.3 is 4.90 Å². The first-order valence-electron chi connectivity index (χ1n) is 8.25. The number of sulfone groups is 1. The highest BCUT2D eigenvalue weighted by Gasteiger charge is 2.34. The molecule has 4 nitrogen and oxygen atoms in total. The van der Waals surface area contributed by atoms with Gasteiger partial charge in [0.25, 0.3) is 0 Å². The Morgan fingerprint density at radius 3 is 2.88 bits per heavy atom. The molecule has 134 valence electrons. The molecule has 25 heavy (non-hydrogen) atoms. The third kappa shape index (κ3) is 3.67. The van der Waals surface area contributed by atoms with E-state index in [0.29, 0.717) is 12.2 Å². The fraction of sp³-hybridized carbons (Fsp3) is 0.471. The quantitative estimate of drug-likeness (QED) is 0.772. The highest BCUT2D eigenvalue weighted by Crippen LogP contribution is 2.40. The fourth-order valence-electron chi connectivity index (χ4n) is 3.50. The predicted molar refractivity (Wildman–Crippen MR) is 105 cm³/mol. The highest BCUT2D eigenvalue weighted by atomic mass is 32.2. The van der Waals surface area contributed by atoms with Gasteiger partial charge in [-0.3, -0.25) is 4.79 Å². The Morgan fingerprint density at radius 1 is 1.28 bits per heavy atom. The Balaban J connectivity index is 1.49. The minimum Gasteiger partial charge on any atom is -0.330 e. The SMILES string of the molecule is O=C(CS[C@H]1CCS(=O)(=O)C1)N1CCc2sccc2[C@@H]1c1cccs1. The number of hydrogen-bond acceptors (Lipinski definition) is 6. The summed E-state index contributed by atoms with van der Waals surface area (Å²) in [6.45, 7) is 0.735. The number of thioether (sulfide) groups is 1. The van der Waals surface area contributed by atoms with E-state index >= 15 is 0 Å². The van der Waals surface area contributed by atoms with Gasteiger partial charge in [0.05, 0.1) is 23.3 Å². The van der Waals surface area contributed by atoms with Gasteiger partial charge in [0.1, 0.15) is 0 Å². The third-order valence-electron chi connectivity index (χ3n) is 4.73. The molecule has 0 saturated carbocycles. The molecule has 0 radical (unpaired) electrons. The van der Waals surface area contributed by atoms with E-state index in [9.17, 15) is 13.2 Å². The Morgan fingerprint density at radius 2 is 2.16 bits per heavy atom. The molecule has 1 fully saturated rings. The Labute approximate surface area is 160 Å². The second kappa shape index (κ2) is 7.06. The number of amides is 1. The van der Waals surface area contributed by atoms with Gasteiger partial charge in [-0.25, -0.2) is 8.42 Å². The maximum atomic E-state index is 12.9. The maximum Gasteiger partial charge on any atom is 0.233 e. The molecule has 0 unspecified atom stereocenters. The van der Waals surface area contributed by atoms with Gasteiger partial charge in [-0.15, -0.1) is 34.4 Å². The topological polar surface area (TPSA) is 54.5 Å². The van der Waals surface area contributed by atoms with Crippen LogP contribution in [0.3, 0.4) is 0 Å². The number of carbonyl (C=O) groups excluding carboxylic acids is 1. The lowest BCUT2D eigenvalue weighted by Crippen LogP contribution is -2.41. The van der Waals surface area contributed by atoms with Gasteiger partial charge in [-0.05, 0) is 41.3 Å². The zero-order valence-electron chi connectivity index (χ0n) is 13.6. The van der Waals surface area contributed by atoms with Crippen molar-refractivity contribution < 1.29 is 13.2 Å². The summed E-state index contributed by atoms with van der Waals surface area (Å²) in [6.07, 6.45) is 1.58. The molecule has 1 amide bonds. The number of thiophene rings is 2. The molecule has 2 aromatic rings. The predicted octanol–water partition coefficient (Wildman–Crippen LogP) is 3.20. The largest absolute Gasteiger partial charge is 0.330 e. The molecule has 0 N–H and O–H groups in total. The molecule has 2 aliphatic rings. The first-order valence-corrected chi connectivity index (χ1v) is 12.9. The summed E-state index contributed by atoms with van der Waals surface area (Å²) < 4.78 is 23.2. The van der Waals surface area contributed by atoms with Crippen molar-refractivity contribution >= 4 is 50.2 Å². The zero-order valence-corrected chi connectivity index (χ0v) is 16.9. The molecule has 0 aromatic carbocycles. The number of hydrogen-bond donors (Lipinski definition) is 0. The average molecular weight is 414 g/mol. The zero-order chi connectivity index (χ0) is 17.4. The van der Waals surface area contributed by atoms with E-state index in [4.69, 9.17) is 0 Å². The van der Waals surface area contributed by atoms with Crippen molar-refractivity contribution in [3.8, 4) is 0 Å². The molecule has 2 aliphatic heterocycles. The minimum atomic E-state index is -2.89. The lowest BCUT2D eigenvalue weighted by atomic mass is 9.98. The van der Waals surface area contributed by atoms with E-state index in [2.05, 4.69) is 22.9 Å². The molecule has 4 heterocycles. The van der Waals surface area contributed by atoms with E-state index in [1.54, 1.807) is 22.7 Å². The van der Waals surface area contributed by atoms with Crippen LogP contribution in [0.25, 0.3) is 0 Å². The monoisotopic (exact) mass is 413 g/mol. The van der Waals surface area contributed by atoms with Gasteiger partial charge in [-0.1, -0.05) is 6.07 Å². The lowest BCUT2D eigenvalue weighted by molar-refractivity contribution is -0.130.